The Balaban J connectivity index is 2.86. The molecule has 0 saturated carbocycles. The fraction of sp³-hybridized carbons (Fsp3) is 0.500. The molecule has 2 N–H and O–H groups in total. The number of aromatic nitrogens is 3. The van der Waals surface area contributed by atoms with E-state index in [1.54, 1.807) is 6.92 Å². The molecule has 60 valence electrons. The summed E-state index contributed by atoms with van der Waals surface area (Å²) in [6, 6.07) is 0. The first kappa shape index (κ1) is 7.84. The van der Waals surface area contributed by atoms with Gasteiger partial charge in [0.15, 0.2) is 12.0 Å². The number of hydrogen-bond acceptors (Lipinski definition) is 4. The van der Waals surface area contributed by atoms with Crippen LogP contribution in [0.2, 0.25) is 0 Å². The number of nitrogens with zero attached hydrogens (tertiary/aromatic N) is 3. The van der Waals surface area contributed by atoms with Crippen molar-refractivity contribution in [2.45, 2.75) is 19.5 Å². The first-order valence-electron chi connectivity index (χ1n) is 3.32. The van der Waals surface area contributed by atoms with Crippen LogP contribution in [0.25, 0.3) is 0 Å². The lowest BCUT2D eigenvalue weighted by Crippen LogP contribution is -2.03. The van der Waals surface area contributed by atoms with Gasteiger partial charge in [-0.15, -0.1) is 0 Å². The molecule has 1 heterocycles. The second-order valence-corrected chi connectivity index (χ2v) is 2.08. The molecule has 5 heteroatoms. The predicted molar refractivity (Wildman–Crippen MR) is 38.4 cm³/mol. The molecule has 1 unspecified atom stereocenters. The molecule has 1 aromatic heterocycles. The van der Waals surface area contributed by atoms with Gasteiger partial charge in [-0.25, -0.2) is 14.4 Å². The summed E-state index contributed by atoms with van der Waals surface area (Å²) >= 11 is 0. The molecule has 0 radical (unpaired) electrons. The second-order valence-electron chi connectivity index (χ2n) is 2.08. The zero-order valence-corrected chi connectivity index (χ0v) is 6.16. The van der Waals surface area contributed by atoms with Crippen molar-refractivity contribution in [1.29, 1.82) is 0 Å². The fourth-order valence-corrected chi connectivity index (χ4v) is 0.656. The summed E-state index contributed by atoms with van der Waals surface area (Å²) in [6.07, 6.45) is 0.420. The quantitative estimate of drug-likeness (QED) is 0.690. The molecule has 0 aromatic carbocycles. The third-order valence-corrected chi connectivity index (χ3v) is 1.25. The van der Waals surface area contributed by atoms with Crippen molar-refractivity contribution in [3.8, 4) is 0 Å². The Morgan fingerprint density at radius 2 is 2.36 bits per heavy atom. The molecule has 1 rings (SSSR count). The van der Waals surface area contributed by atoms with Crippen LogP contribution in [0, 0.1) is 0 Å². The van der Waals surface area contributed by atoms with E-state index < -0.39 is 6.17 Å². The summed E-state index contributed by atoms with van der Waals surface area (Å²) in [5.74, 6) is 0.172. The van der Waals surface area contributed by atoms with Crippen LogP contribution in [0.1, 0.15) is 25.3 Å². The highest BCUT2D eigenvalue weighted by atomic mass is 19.1. The highest BCUT2D eigenvalue weighted by Gasteiger charge is 2.09. The van der Waals surface area contributed by atoms with Crippen molar-refractivity contribution in [1.82, 2.24) is 15.0 Å². The third-order valence-electron chi connectivity index (χ3n) is 1.25. The van der Waals surface area contributed by atoms with Crippen LogP contribution in [0.3, 0.4) is 0 Å². The zero-order chi connectivity index (χ0) is 8.27. The summed E-state index contributed by atoms with van der Waals surface area (Å²) < 4.78 is 12.8. The van der Waals surface area contributed by atoms with Gasteiger partial charge < -0.3 is 5.73 Å². The fourth-order valence-electron chi connectivity index (χ4n) is 0.656. The van der Waals surface area contributed by atoms with Crippen molar-refractivity contribution in [3.05, 3.63) is 12.2 Å². The Bertz CT molecular complexity index is 240. The molecule has 0 aliphatic rings. The minimum Gasteiger partial charge on any atom is -0.368 e. The highest BCUT2D eigenvalue weighted by molar-refractivity contribution is 5.13. The van der Waals surface area contributed by atoms with Crippen LogP contribution in [0.4, 0.5) is 10.3 Å². The van der Waals surface area contributed by atoms with Gasteiger partial charge in [0.1, 0.15) is 6.33 Å². The second kappa shape index (κ2) is 3.23. The van der Waals surface area contributed by atoms with Gasteiger partial charge in [0.25, 0.3) is 0 Å². The van der Waals surface area contributed by atoms with E-state index in [9.17, 15) is 4.39 Å². The standard InChI is InChI=1S/C6H9FN4/c1-2-4(7)5-9-3-10-6(8)11-5/h3-4H,2H2,1H3,(H2,8,9,10,11). The van der Waals surface area contributed by atoms with Gasteiger partial charge in [-0.1, -0.05) is 6.92 Å². The summed E-state index contributed by atoms with van der Waals surface area (Å²) in [7, 11) is 0. The minimum absolute atomic E-state index is 0.0612. The van der Waals surface area contributed by atoms with Crippen molar-refractivity contribution in [3.63, 3.8) is 0 Å². The van der Waals surface area contributed by atoms with Gasteiger partial charge in [-0.3, -0.25) is 0 Å². The van der Waals surface area contributed by atoms with Gasteiger partial charge >= 0.3 is 0 Å². The smallest absolute Gasteiger partial charge is 0.223 e. The summed E-state index contributed by atoms with van der Waals surface area (Å²) in [6.45, 7) is 1.71. The molecule has 0 aliphatic heterocycles. The molecule has 4 nitrogen and oxygen atoms in total. The normalized spacial score (nSPS) is 12.9. The maximum absolute atomic E-state index is 12.8. The van der Waals surface area contributed by atoms with Crippen molar-refractivity contribution in [2.75, 3.05) is 5.73 Å². The van der Waals surface area contributed by atoms with E-state index >= 15 is 0 Å². The maximum atomic E-state index is 12.8. The maximum Gasteiger partial charge on any atom is 0.223 e. The number of hydrogen-bond donors (Lipinski definition) is 1. The molecule has 1 atom stereocenters. The van der Waals surface area contributed by atoms with Gasteiger partial charge in [0.2, 0.25) is 5.95 Å². The van der Waals surface area contributed by atoms with Crippen LogP contribution in [-0.4, -0.2) is 15.0 Å². The molecule has 0 bridgehead atoms. The van der Waals surface area contributed by atoms with Crippen LogP contribution in [0.15, 0.2) is 6.33 Å². The number of nitrogen functional groups attached to an aromatic ring is 1. The molecule has 0 fully saturated rings. The summed E-state index contributed by atoms with van der Waals surface area (Å²) in [5.41, 5.74) is 5.22. The molecule has 0 saturated heterocycles. The first-order valence-corrected chi connectivity index (χ1v) is 3.32. The SMILES string of the molecule is CCC(F)c1ncnc(N)n1. The largest absolute Gasteiger partial charge is 0.368 e. The van der Waals surface area contributed by atoms with Gasteiger partial charge in [0, 0.05) is 0 Å². The predicted octanol–water partition coefficient (Wildman–Crippen LogP) is 0.874. The van der Waals surface area contributed by atoms with Gasteiger partial charge in [-0.2, -0.15) is 4.98 Å². The molecular formula is C6H9FN4. The molecule has 0 amide bonds. The van der Waals surface area contributed by atoms with E-state index in [1.807, 2.05) is 0 Å². The Labute approximate surface area is 63.7 Å². The Morgan fingerprint density at radius 3 is 2.91 bits per heavy atom. The Morgan fingerprint density at radius 1 is 1.64 bits per heavy atom. The average molecular weight is 156 g/mol. The number of alkyl halides is 1. The lowest BCUT2D eigenvalue weighted by Gasteiger charge is -2.01. The van der Waals surface area contributed by atoms with Crippen LogP contribution >= 0.6 is 0 Å². The minimum atomic E-state index is -1.14. The van der Waals surface area contributed by atoms with Crippen LogP contribution < -0.4 is 5.73 Å². The topological polar surface area (TPSA) is 64.7 Å². The monoisotopic (exact) mass is 156 g/mol. The van der Waals surface area contributed by atoms with Crippen molar-refractivity contribution < 1.29 is 4.39 Å². The molecule has 0 aliphatic carbocycles. The highest BCUT2D eigenvalue weighted by Crippen LogP contribution is 2.15. The van der Waals surface area contributed by atoms with E-state index in [4.69, 9.17) is 5.73 Å². The lowest BCUT2D eigenvalue weighted by atomic mass is 10.3. The van der Waals surface area contributed by atoms with E-state index in [0.29, 0.717) is 6.42 Å². The average Bonchev–Trinajstić information content (AvgIpc) is 2.03. The Kier molecular flexibility index (Phi) is 2.30. The Hall–Kier alpha value is -1.26. The van der Waals surface area contributed by atoms with Gasteiger partial charge in [0.05, 0.1) is 0 Å². The van der Waals surface area contributed by atoms with E-state index in [0.717, 1.165) is 0 Å². The number of rotatable bonds is 2. The van der Waals surface area contributed by atoms with E-state index in [-0.39, 0.29) is 11.8 Å². The summed E-state index contributed by atoms with van der Waals surface area (Å²) in [5, 5.41) is 0. The lowest BCUT2D eigenvalue weighted by molar-refractivity contribution is 0.318. The first-order chi connectivity index (χ1) is 5.24. The number of halogens is 1. The zero-order valence-electron chi connectivity index (χ0n) is 6.16. The van der Waals surface area contributed by atoms with E-state index in [1.165, 1.54) is 6.33 Å². The molecular weight excluding hydrogens is 147 g/mol. The van der Waals surface area contributed by atoms with Crippen LogP contribution in [-0.2, 0) is 0 Å². The van der Waals surface area contributed by atoms with Gasteiger partial charge in [-0.05, 0) is 6.42 Å². The molecule has 11 heavy (non-hydrogen) atoms. The summed E-state index contributed by atoms with van der Waals surface area (Å²) in [4.78, 5) is 10.8. The van der Waals surface area contributed by atoms with E-state index in [2.05, 4.69) is 15.0 Å². The van der Waals surface area contributed by atoms with Crippen molar-refractivity contribution >= 4 is 5.95 Å². The third kappa shape index (κ3) is 1.83. The number of nitrogens with two attached hydrogens (primary N) is 1. The molecule has 0 spiro atoms. The molecule has 1 aromatic rings. The number of anilines is 1. The van der Waals surface area contributed by atoms with Crippen LogP contribution in [0.5, 0.6) is 0 Å². The van der Waals surface area contributed by atoms with Crippen molar-refractivity contribution in [2.24, 2.45) is 0 Å².